The second-order valence-electron chi connectivity index (χ2n) is 4.81. The van der Waals surface area contributed by atoms with Crippen molar-refractivity contribution in [2.24, 2.45) is 0 Å². The predicted molar refractivity (Wildman–Crippen MR) is 80.2 cm³/mol. The number of H-pyrrole nitrogens is 1. The molecular formula is C13H13ClN6O3. The second kappa shape index (κ2) is 6.21. The van der Waals surface area contributed by atoms with Gasteiger partial charge in [-0.25, -0.2) is 0 Å². The monoisotopic (exact) mass is 336 g/mol. The molecule has 23 heavy (non-hydrogen) atoms. The summed E-state index contributed by atoms with van der Waals surface area (Å²) in [6.07, 6.45) is -0.0412. The van der Waals surface area contributed by atoms with E-state index in [1.165, 1.54) is 7.11 Å². The topological polar surface area (TPSA) is 112 Å². The highest BCUT2D eigenvalue weighted by Gasteiger charge is 2.19. The highest BCUT2D eigenvalue weighted by molar-refractivity contribution is 6.32. The summed E-state index contributed by atoms with van der Waals surface area (Å²) in [5.74, 6) is 1.64. The van der Waals surface area contributed by atoms with Gasteiger partial charge in [0.1, 0.15) is 0 Å². The molecule has 3 rings (SSSR count). The normalized spacial score (nSPS) is 11.0. The number of aromatic amines is 1. The van der Waals surface area contributed by atoms with E-state index in [1.807, 2.05) is 13.8 Å². The number of halogens is 1. The number of hydrogen-bond acceptors (Lipinski definition) is 8. The van der Waals surface area contributed by atoms with Crippen LogP contribution in [0.25, 0.3) is 23.1 Å². The van der Waals surface area contributed by atoms with Gasteiger partial charge in [-0.15, -0.1) is 10.2 Å². The maximum atomic E-state index is 6.28. The molecule has 0 bridgehead atoms. The van der Waals surface area contributed by atoms with Crippen LogP contribution in [0.5, 0.6) is 11.5 Å². The fraction of sp³-hybridized carbons (Fsp3) is 0.308. The summed E-state index contributed by atoms with van der Waals surface area (Å²) >= 11 is 6.28. The van der Waals surface area contributed by atoms with E-state index in [0.717, 1.165) is 0 Å². The van der Waals surface area contributed by atoms with Gasteiger partial charge in [-0.05, 0) is 31.2 Å². The van der Waals surface area contributed by atoms with E-state index in [-0.39, 0.29) is 23.6 Å². The van der Waals surface area contributed by atoms with Crippen LogP contribution >= 0.6 is 11.6 Å². The third kappa shape index (κ3) is 3.09. The molecule has 0 spiro atoms. The van der Waals surface area contributed by atoms with E-state index >= 15 is 0 Å². The first-order valence-electron chi connectivity index (χ1n) is 6.70. The lowest BCUT2D eigenvalue weighted by Crippen LogP contribution is -2.07. The fourth-order valence-electron chi connectivity index (χ4n) is 1.88. The molecule has 2 heterocycles. The molecule has 9 nitrogen and oxygen atoms in total. The number of tetrazole rings is 1. The number of nitrogens with one attached hydrogen (secondary N) is 1. The quantitative estimate of drug-likeness (QED) is 0.755. The summed E-state index contributed by atoms with van der Waals surface area (Å²) in [4.78, 5) is 4.21. The molecule has 0 unspecified atom stereocenters. The average Bonchev–Trinajstić information content (AvgIpc) is 3.19. The molecule has 1 aromatic carbocycles. The van der Waals surface area contributed by atoms with Gasteiger partial charge in [0.15, 0.2) is 11.5 Å². The lowest BCUT2D eigenvalue weighted by atomic mass is 10.2. The Morgan fingerprint density at radius 1 is 1.26 bits per heavy atom. The van der Waals surface area contributed by atoms with Crippen LogP contribution in [0.2, 0.25) is 5.02 Å². The minimum atomic E-state index is -0.0412. The van der Waals surface area contributed by atoms with E-state index in [2.05, 4.69) is 30.8 Å². The molecule has 0 saturated carbocycles. The first-order chi connectivity index (χ1) is 11.1. The molecule has 0 aliphatic carbocycles. The molecular weight excluding hydrogens is 324 g/mol. The van der Waals surface area contributed by atoms with Crippen molar-refractivity contribution >= 4 is 11.6 Å². The van der Waals surface area contributed by atoms with E-state index in [4.69, 9.17) is 25.6 Å². The Balaban J connectivity index is 1.99. The molecule has 3 aromatic rings. The summed E-state index contributed by atoms with van der Waals surface area (Å²) in [5, 5.41) is 17.5. The van der Waals surface area contributed by atoms with Crippen molar-refractivity contribution in [3.8, 4) is 34.6 Å². The van der Waals surface area contributed by atoms with E-state index < -0.39 is 0 Å². The molecule has 0 aliphatic rings. The largest absolute Gasteiger partial charge is 0.493 e. The van der Waals surface area contributed by atoms with Gasteiger partial charge in [0, 0.05) is 5.56 Å². The molecule has 0 atom stereocenters. The van der Waals surface area contributed by atoms with Crippen molar-refractivity contribution in [2.45, 2.75) is 20.0 Å². The summed E-state index contributed by atoms with van der Waals surface area (Å²) in [7, 11) is 1.53. The number of methoxy groups -OCH3 is 1. The van der Waals surface area contributed by atoms with Crippen LogP contribution in [0.15, 0.2) is 16.7 Å². The van der Waals surface area contributed by atoms with E-state index in [9.17, 15) is 0 Å². The third-order valence-electron chi connectivity index (χ3n) is 2.80. The molecule has 10 heteroatoms. The van der Waals surface area contributed by atoms with Crippen LogP contribution in [0.4, 0.5) is 0 Å². The molecule has 2 aromatic heterocycles. The Kier molecular flexibility index (Phi) is 4.11. The summed E-state index contributed by atoms with van der Waals surface area (Å²) in [6.45, 7) is 3.80. The van der Waals surface area contributed by atoms with Crippen LogP contribution in [0.3, 0.4) is 0 Å². The van der Waals surface area contributed by atoms with Gasteiger partial charge in [0.2, 0.25) is 11.6 Å². The van der Waals surface area contributed by atoms with Crippen LogP contribution in [0, 0.1) is 0 Å². The number of ether oxygens (including phenoxy) is 2. The Labute approximate surface area is 135 Å². The molecule has 0 amide bonds. The average molecular weight is 337 g/mol. The van der Waals surface area contributed by atoms with Crippen molar-refractivity contribution in [1.82, 2.24) is 30.8 Å². The SMILES string of the molecule is COc1cc(-c2nc(-c3nn[nH]n3)no2)cc(Cl)c1OC(C)C. The van der Waals surface area contributed by atoms with Crippen LogP contribution in [-0.4, -0.2) is 44.0 Å². The van der Waals surface area contributed by atoms with Crippen LogP contribution < -0.4 is 9.47 Å². The number of benzene rings is 1. The van der Waals surface area contributed by atoms with Gasteiger partial charge in [-0.3, -0.25) is 0 Å². The van der Waals surface area contributed by atoms with Gasteiger partial charge in [0.25, 0.3) is 5.89 Å². The number of nitrogens with zero attached hydrogens (tertiary/aromatic N) is 5. The number of aromatic nitrogens is 6. The predicted octanol–water partition coefficient (Wildman–Crippen LogP) is 2.37. The van der Waals surface area contributed by atoms with Crippen molar-refractivity contribution in [3.63, 3.8) is 0 Å². The maximum Gasteiger partial charge on any atom is 0.258 e. The third-order valence-corrected chi connectivity index (χ3v) is 3.08. The standard InChI is InChI=1S/C13H13ClN6O3/c1-6(2)22-10-8(14)4-7(5-9(10)21-3)13-15-11(18-23-13)12-16-19-20-17-12/h4-6H,1-3H3,(H,16,17,19,20). The molecule has 0 aliphatic heterocycles. The van der Waals surface area contributed by atoms with Crippen molar-refractivity contribution < 1.29 is 14.0 Å². The zero-order chi connectivity index (χ0) is 16.4. The van der Waals surface area contributed by atoms with Gasteiger partial charge in [-0.2, -0.15) is 10.2 Å². The van der Waals surface area contributed by atoms with Gasteiger partial charge in [0.05, 0.1) is 18.2 Å². The lowest BCUT2D eigenvalue weighted by molar-refractivity contribution is 0.230. The van der Waals surface area contributed by atoms with Crippen LogP contribution in [-0.2, 0) is 0 Å². The highest BCUT2D eigenvalue weighted by Crippen LogP contribution is 2.39. The molecule has 0 radical (unpaired) electrons. The minimum absolute atomic E-state index is 0.0412. The van der Waals surface area contributed by atoms with Crippen molar-refractivity contribution in [1.29, 1.82) is 0 Å². The first kappa shape index (κ1) is 15.2. The second-order valence-corrected chi connectivity index (χ2v) is 5.22. The fourth-order valence-corrected chi connectivity index (χ4v) is 2.14. The number of hydrogen-bond donors (Lipinski definition) is 1. The first-order valence-corrected chi connectivity index (χ1v) is 7.08. The lowest BCUT2D eigenvalue weighted by Gasteiger charge is -2.15. The van der Waals surface area contributed by atoms with Gasteiger partial charge in [-0.1, -0.05) is 16.8 Å². The molecule has 0 fully saturated rings. The Bertz CT molecular complexity index is 802. The Hall–Kier alpha value is -2.68. The van der Waals surface area contributed by atoms with Crippen LogP contribution in [0.1, 0.15) is 13.8 Å². The van der Waals surface area contributed by atoms with Gasteiger partial charge >= 0.3 is 0 Å². The van der Waals surface area contributed by atoms with Crippen molar-refractivity contribution in [3.05, 3.63) is 17.2 Å². The molecule has 120 valence electrons. The number of rotatable bonds is 5. The van der Waals surface area contributed by atoms with E-state index in [0.29, 0.717) is 22.1 Å². The Morgan fingerprint density at radius 3 is 2.74 bits per heavy atom. The highest BCUT2D eigenvalue weighted by atomic mass is 35.5. The molecule has 1 N–H and O–H groups in total. The maximum absolute atomic E-state index is 6.28. The summed E-state index contributed by atoms with van der Waals surface area (Å²) in [5.41, 5.74) is 0.588. The van der Waals surface area contributed by atoms with E-state index in [1.54, 1.807) is 12.1 Å². The summed E-state index contributed by atoms with van der Waals surface area (Å²) < 4.78 is 16.2. The minimum Gasteiger partial charge on any atom is -0.493 e. The smallest absolute Gasteiger partial charge is 0.258 e. The van der Waals surface area contributed by atoms with Crippen molar-refractivity contribution in [2.75, 3.05) is 7.11 Å². The summed E-state index contributed by atoms with van der Waals surface area (Å²) in [6, 6.07) is 3.37. The van der Waals surface area contributed by atoms with Gasteiger partial charge < -0.3 is 14.0 Å². The zero-order valence-electron chi connectivity index (χ0n) is 12.6. The zero-order valence-corrected chi connectivity index (χ0v) is 13.3. The Morgan fingerprint density at radius 2 is 2.09 bits per heavy atom. The molecule has 0 saturated heterocycles.